The second-order valence-electron chi connectivity index (χ2n) is 12.6. The van der Waals surface area contributed by atoms with E-state index >= 15 is 0 Å². The van der Waals surface area contributed by atoms with Gasteiger partial charge in [0.25, 0.3) is 0 Å². The van der Waals surface area contributed by atoms with E-state index in [1.165, 1.54) is 12.0 Å². The summed E-state index contributed by atoms with van der Waals surface area (Å²) < 4.78 is 11.5. The number of rotatable bonds is 5. The number of hydrogen-bond acceptors (Lipinski definition) is 7. The molecule has 4 fully saturated rings. The van der Waals surface area contributed by atoms with E-state index in [-0.39, 0.29) is 29.5 Å². The van der Waals surface area contributed by atoms with Crippen LogP contribution in [0.25, 0.3) is 0 Å². The summed E-state index contributed by atoms with van der Waals surface area (Å²) in [7, 11) is 0. The van der Waals surface area contributed by atoms with Gasteiger partial charge in [-0.1, -0.05) is 25.5 Å². The molecule has 5 aliphatic rings. The topological polar surface area (TPSA) is 134 Å². The lowest BCUT2D eigenvalue weighted by Crippen LogP contribution is -2.61. The van der Waals surface area contributed by atoms with Crippen molar-refractivity contribution in [2.45, 2.75) is 109 Å². The maximum Gasteiger partial charge on any atom is 0.335 e. The average Bonchev–Trinajstić information content (AvgIpc) is 3.19. The van der Waals surface area contributed by atoms with Crippen LogP contribution in [0.4, 0.5) is 0 Å². The first-order chi connectivity index (χ1) is 17.0. The fourth-order valence-electron chi connectivity index (χ4n) is 8.96. The number of carboxylic acid groups (broad SMARTS) is 1. The second-order valence-corrected chi connectivity index (χ2v) is 12.6. The first-order valence-electron chi connectivity index (χ1n) is 13.7. The van der Waals surface area contributed by atoms with Crippen LogP contribution in [0.3, 0.4) is 0 Å². The van der Waals surface area contributed by atoms with Gasteiger partial charge in [-0.05, 0) is 86.9 Å². The molecule has 1 unspecified atom stereocenters. The van der Waals surface area contributed by atoms with Gasteiger partial charge in [0, 0.05) is 5.92 Å². The number of ketones is 1. The number of Topliss-reactive ketones (excluding diaryl/α,β-unsaturated/α-hetero) is 1. The number of aliphatic carboxylic acids is 1. The maximum atomic E-state index is 12.4. The van der Waals surface area contributed by atoms with Crippen molar-refractivity contribution in [2.75, 3.05) is 6.61 Å². The summed E-state index contributed by atoms with van der Waals surface area (Å²) in [6, 6.07) is 0. The van der Waals surface area contributed by atoms with Crippen LogP contribution in [0, 0.1) is 34.5 Å². The Labute approximate surface area is 213 Å². The number of carbonyl (C=O) groups is 2. The summed E-state index contributed by atoms with van der Waals surface area (Å²) in [5, 5.41) is 39.5. The standard InChI is InChI=1S/C28H42O8/c1-14(29)18-6-7-19-17-5-4-15-12-16(8-10-27(15,2)20(17)9-11-28(18,19)3)35-13-21-22(30)23(31)24(32)25(36-21)26(33)34/h4,16-25,30-32H,5-13H2,1-3H3,(H,33,34)/t16-,17-,18+,19-,20-,21?,22-,23+,24-,25-,27-,28+/m0/s1. The molecular formula is C28H42O8. The van der Waals surface area contributed by atoms with Gasteiger partial charge in [0.1, 0.15) is 30.2 Å². The Bertz CT molecular complexity index is 917. The zero-order valence-corrected chi connectivity index (χ0v) is 21.6. The molecule has 1 saturated heterocycles. The van der Waals surface area contributed by atoms with Crippen LogP contribution >= 0.6 is 0 Å². The SMILES string of the molecule is CC(=O)[C@H]1CC[C@H]2[C@@H]3CC=C4C[C@@H](OCC5O[C@H](C(=O)O)[C@@H](O)[C@H](O)[C@H]5O)CC[C@]4(C)[C@H]3CC[C@]12C. The Morgan fingerprint density at radius 1 is 1.03 bits per heavy atom. The van der Waals surface area contributed by atoms with Crippen LogP contribution in [0.1, 0.15) is 72.1 Å². The molecule has 0 spiro atoms. The maximum absolute atomic E-state index is 12.4. The van der Waals surface area contributed by atoms with Crippen LogP contribution in [0.15, 0.2) is 11.6 Å². The number of carbonyl (C=O) groups excluding carboxylic acids is 1. The minimum absolute atomic E-state index is 0.0394. The first kappa shape index (κ1) is 26.3. The first-order valence-corrected chi connectivity index (χ1v) is 13.7. The normalized spacial score (nSPS) is 50.4. The molecule has 0 aromatic heterocycles. The molecule has 0 aromatic rings. The largest absolute Gasteiger partial charge is 0.479 e. The van der Waals surface area contributed by atoms with Crippen molar-refractivity contribution in [2.24, 2.45) is 34.5 Å². The van der Waals surface area contributed by atoms with Crippen molar-refractivity contribution in [1.29, 1.82) is 0 Å². The van der Waals surface area contributed by atoms with Crippen molar-refractivity contribution in [3.8, 4) is 0 Å². The van der Waals surface area contributed by atoms with Crippen LogP contribution in [0.5, 0.6) is 0 Å². The van der Waals surface area contributed by atoms with Crippen LogP contribution in [0.2, 0.25) is 0 Å². The molecule has 8 nitrogen and oxygen atoms in total. The molecule has 5 rings (SSSR count). The predicted octanol–water partition coefficient (Wildman–Crippen LogP) is 2.47. The molecule has 0 amide bonds. The van der Waals surface area contributed by atoms with Crippen LogP contribution in [-0.4, -0.2) is 75.4 Å². The van der Waals surface area contributed by atoms with Gasteiger partial charge in [-0.15, -0.1) is 0 Å². The van der Waals surface area contributed by atoms with Crippen LogP contribution in [-0.2, 0) is 19.1 Å². The number of ether oxygens (including phenoxy) is 2. The third kappa shape index (κ3) is 4.08. The number of aliphatic hydroxyl groups is 3. The molecule has 0 aromatic carbocycles. The molecule has 36 heavy (non-hydrogen) atoms. The third-order valence-corrected chi connectivity index (χ3v) is 11.0. The zero-order chi connectivity index (χ0) is 26.0. The highest BCUT2D eigenvalue weighted by atomic mass is 16.6. The smallest absolute Gasteiger partial charge is 0.335 e. The van der Waals surface area contributed by atoms with Crippen molar-refractivity contribution in [3.05, 3.63) is 11.6 Å². The monoisotopic (exact) mass is 506 g/mol. The Balaban J connectivity index is 1.24. The van der Waals surface area contributed by atoms with E-state index in [0.29, 0.717) is 23.5 Å². The Morgan fingerprint density at radius 3 is 2.47 bits per heavy atom. The van der Waals surface area contributed by atoms with Gasteiger partial charge in [0.05, 0.1) is 12.7 Å². The summed E-state index contributed by atoms with van der Waals surface area (Å²) >= 11 is 0. The molecule has 0 radical (unpaired) electrons. The highest BCUT2D eigenvalue weighted by Gasteiger charge is 2.59. The van der Waals surface area contributed by atoms with Gasteiger partial charge in [-0.3, -0.25) is 4.79 Å². The second kappa shape index (κ2) is 9.45. The summed E-state index contributed by atoms with van der Waals surface area (Å²) in [6.07, 6.45) is 3.27. The highest BCUT2D eigenvalue weighted by molar-refractivity contribution is 5.79. The molecule has 1 heterocycles. The fraction of sp³-hybridized carbons (Fsp3) is 0.857. The van der Waals surface area contributed by atoms with Crippen molar-refractivity contribution in [1.82, 2.24) is 0 Å². The number of carboxylic acids is 1. The predicted molar refractivity (Wildman–Crippen MR) is 130 cm³/mol. The third-order valence-electron chi connectivity index (χ3n) is 11.0. The van der Waals surface area contributed by atoms with Gasteiger partial charge in [0.15, 0.2) is 6.10 Å². The van der Waals surface area contributed by atoms with Gasteiger partial charge in [0.2, 0.25) is 0 Å². The fourth-order valence-corrected chi connectivity index (χ4v) is 8.96. The van der Waals surface area contributed by atoms with E-state index in [1.54, 1.807) is 6.92 Å². The average molecular weight is 507 g/mol. The van der Waals surface area contributed by atoms with Crippen molar-refractivity contribution in [3.63, 3.8) is 0 Å². The highest BCUT2D eigenvalue weighted by Crippen LogP contribution is 2.66. The number of hydrogen-bond donors (Lipinski definition) is 4. The lowest BCUT2D eigenvalue weighted by molar-refractivity contribution is -0.239. The van der Waals surface area contributed by atoms with E-state index in [1.807, 2.05) is 0 Å². The molecule has 8 heteroatoms. The van der Waals surface area contributed by atoms with Crippen molar-refractivity contribution >= 4 is 11.8 Å². The summed E-state index contributed by atoms with van der Waals surface area (Å²) in [4.78, 5) is 23.7. The molecule has 202 valence electrons. The van der Waals surface area contributed by atoms with E-state index in [0.717, 1.165) is 44.9 Å². The molecule has 1 aliphatic heterocycles. The molecule has 4 aliphatic carbocycles. The van der Waals surface area contributed by atoms with Crippen molar-refractivity contribution < 1.29 is 39.5 Å². The van der Waals surface area contributed by atoms with Crippen LogP contribution < -0.4 is 0 Å². The Morgan fingerprint density at radius 2 is 1.78 bits per heavy atom. The van der Waals surface area contributed by atoms with E-state index in [9.17, 15) is 30.0 Å². The minimum atomic E-state index is -1.69. The quantitative estimate of drug-likeness (QED) is 0.418. The summed E-state index contributed by atoms with van der Waals surface area (Å²) in [5.74, 6) is 1.06. The molecule has 0 bridgehead atoms. The van der Waals surface area contributed by atoms with E-state index in [2.05, 4.69) is 19.9 Å². The Hall–Kier alpha value is -1.32. The Kier molecular flexibility index (Phi) is 6.91. The van der Waals surface area contributed by atoms with Gasteiger partial charge >= 0.3 is 5.97 Å². The molecule has 4 N–H and O–H groups in total. The molecule has 3 saturated carbocycles. The van der Waals surface area contributed by atoms with Gasteiger partial charge < -0.3 is 29.9 Å². The van der Waals surface area contributed by atoms with Gasteiger partial charge in [-0.25, -0.2) is 4.79 Å². The van der Waals surface area contributed by atoms with E-state index in [4.69, 9.17) is 9.47 Å². The number of fused-ring (bicyclic) bond motifs is 5. The lowest BCUT2D eigenvalue weighted by atomic mass is 9.47. The van der Waals surface area contributed by atoms with E-state index < -0.39 is 36.5 Å². The summed E-state index contributed by atoms with van der Waals surface area (Å²) in [6.45, 7) is 6.51. The summed E-state index contributed by atoms with van der Waals surface area (Å²) in [5.41, 5.74) is 1.71. The molecular weight excluding hydrogens is 464 g/mol. The van der Waals surface area contributed by atoms with Gasteiger partial charge in [-0.2, -0.15) is 0 Å². The molecule has 12 atom stereocenters. The minimum Gasteiger partial charge on any atom is -0.479 e. The lowest BCUT2D eigenvalue weighted by Gasteiger charge is -2.58. The zero-order valence-electron chi connectivity index (χ0n) is 21.6. The number of allylic oxidation sites excluding steroid dienone is 1. The number of aliphatic hydroxyl groups excluding tert-OH is 3.